The fourth-order valence-corrected chi connectivity index (χ4v) is 5.33. The van der Waals surface area contributed by atoms with E-state index < -0.39 is 5.97 Å². The number of carbonyl (C=O) groups excluding carboxylic acids is 1. The molecule has 5 rings (SSSR count). The summed E-state index contributed by atoms with van der Waals surface area (Å²) >= 11 is 1.18. The molecule has 0 saturated heterocycles. The second kappa shape index (κ2) is 7.98. The number of pyridine rings is 1. The van der Waals surface area contributed by atoms with Gasteiger partial charge in [0.25, 0.3) is 11.1 Å². The average Bonchev–Trinajstić information content (AvgIpc) is 2.93. The lowest BCUT2D eigenvalue weighted by atomic mass is 10.2. The molecule has 0 unspecified atom stereocenters. The van der Waals surface area contributed by atoms with Gasteiger partial charge in [-0.2, -0.15) is 0 Å². The normalized spacial score (nSPS) is 13.8. The monoisotopic (exact) mass is 450 g/mol. The van der Waals surface area contributed by atoms with Gasteiger partial charge in [-0.1, -0.05) is 12.5 Å². The van der Waals surface area contributed by atoms with Gasteiger partial charge in [-0.3, -0.25) is 18.6 Å². The second-order valence-corrected chi connectivity index (χ2v) is 9.05. The van der Waals surface area contributed by atoms with Gasteiger partial charge in [-0.15, -0.1) is 11.3 Å². The Bertz CT molecular complexity index is 1500. The molecule has 0 atom stereocenters. The van der Waals surface area contributed by atoms with E-state index in [1.807, 2.05) is 19.1 Å². The van der Waals surface area contributed by atoms with E-state index in [0.29, 0.717) is 38.5 Å². The number of hydrogen-bond acceptors (Lipinski definition) is 7. The molecule has 0 N–H and O–H groups in total. The topological polar surface area (TPSA) is 95.6 Å². The van der Waals surface area contributed by atoms with Crippen molar-refractivity contribution in [1.29, 1.82) is 0 Å². The highest BCUT2D eigenvalue weighted by Gasteiger charge is 2.23. The van der Waals surface area contributed by atoms with Crippen molar-refractivity contribution in [2.45, 2.75) is 52.7 Å². The molecule has 32 heavy (non-hydrogen) atoms. The molecule has 0 radical (unpaired) electrons. The first-order valence-electron chi connectivity index (χ1n) is 10.6. The van der Waals surface area contributed by atoms with E-state index in [9.17, 15) is 14.4 Å². The van der Waals surface area contributed by atoms with Gasteiger partial charge in [0.1, 0.15) is 27.8 Å². The second-order valence-electron chi connectivity index (χ2n) is 8.05. The third-order valence-corrected chi connectivity index (χ3v) is 7.05. The van der Waals surface area contributed by atoms with Crippen molar-refractivity contribution in [3.05, 3.63) is 72.6 Å². The zero-order valence-corrected chi connectivity index (χ0v) is 18.7. The SMILES string of the molecule is Cc1c(C(=O)OCc2cc(=O)n3c(C)cccc3n2)sc2nc3n(c(=O)c12)CCCCC3. The zero-order chi connectivity index (χ0) is 22.4. The van der Waals surface area contributed by atoms with Crippen LogP contribution >= 0.6 is 11.3 Å². The van der Waals surface area contributed by atoms with E-state index in [4.69, 9.17) is 9.72 Å². The Kier molecular flexibility index (Phi) is 5.13. The fraction of sp³-hybridized carbons (Fsp3) is 0.348. The maximum atomic E-state index is 13.1. The molecule has 0 saturated carbocycles. The van der Waals surface area contributed by atoms with E-state index in [0.717, 1.165) is 37.2 Å². The molecule has 0 fully saturated rings. The van der Waals surface area contributed by atoms with E-state index >= 15 is 0 Å². The van der Waals surface area contributed by atoms with E-state index in [2.05, 4.69) is 4.98 Å². The van der Waals surface area contributed by atoms with Crippen molar-refractivity contribution in [2.24, 2.45) is 0 Å². The molecule has 0 aromatic carbocycles. The Morgan fingerprint density at radius 3 is 2.84 bits per heavy atom. The molecule has 0 spiro atoms. The highest BCUT2D eigenvalue weighted by atomic mass is 32.1. The number of rotatable bonds is 3. The minimum absolute atomic E-state index is 0.0840. The summed E-state index contributed by atoms with van der Waals surface area (Å²) < 4.78 is 8.72. The molecular formula is C23H22N4O4S. The van der Waals surface area contributed by atoms with Gasteiger partial charge in [-0.25, -0.2) is 14.8 Å². The van der Waals surface area contributed by atoms with Gasteiger partial charge in [0.15, 0.2) is 0 Å². The summed E-state index contributed by atoms with van der Waals surface area (Å²) in [4.78, 5) is 48.4. The van der Waals surface area contributed by atoms with Crippen molar-refractivity contribution in [3.8, 4) is 0 Å². The first-order valence-corrected chi connectivity index (χ1v) is 11.4. The lowest BCUT2D eigenvalue weighted by molar-refractivity contribution is 0.0473. The third-order valence-electron chi connectivity index (χ3n) is 5.88. The maximum absolute atomic E-state index is 13.1. The Hall–Kier alpha value is -3.33. The summed E-state index contributed by atoms with van der Waals surface area (Å²) in [6.07, 6.45) is 3.81. The van der Waals surface area contributed by atoms with E-state index in [1.54, 1.807) is 17.6 Å². The summed E-state index contributed by atoms with van der Waals surface area (Å²) in [5.41, 5.74) is 1.93. The van der Waals surface area contributed by atoms with Crippen molar-refractivity contribution < 1.29 is 9.53 Å². The quantitative estimate of drug-likeness (QED) is 0.445. The number of carbonyl (C=O) groups is 1. The minimum atomic E-state index is -0.545. The van der Waals surface area contributed by atoms with Crippen LogP contribution in [-0.2, 0) is 24.3 Å². The maximum Gasteiger partial charge on any atom is 0.349 e. The number of esters is 1. The molecule has 164 valence electrons. The van der Waals surface area contributed by atoms with Crippen molar-refractivity contribution >= 4 is 33.2 Å². The number of aromatic nitrogens is 4. The van der Waals surface area contributed by atoms with Gasteiger partial charge in [0.05, 0.1) is 11.1 Å². The lowest BCUT2D eigenvalue weighted by Gasteiger charge is -2.08. The molecule has 1 aliphatic rings. The van der Waals surface area contributed by atoms with Gasteiger partial charge in [-0.05, 0) is 44.4 Å². The molecule has 0 aliphatic carbocycles. The van der Waals surface area contributed by atoms with Crippen LogP contribution in [0.2, 0.25) is 0 Å². The highest BCUT2D eigenvalue weighted by molar-refractivity contribution is 7.20. The van der Waals surface area contributed by atoms with Crippen LogP contribution in [0.25, 0.3) is 15.9 Å². The van der Waals surface area contributed by atoms with Crippen LogP contribution in [0.1, 0.15) is 51.7 Å². The molecule has 0 amide bonds. The van der Waals surface area contributed by atoms with Gasteiger partial charge in [0.2, 0.25) is 0 Å². The van der Waals surface area contributed by atoms with Crippen LogP contribution in [0, 0.1) is 13.8 Å². The number of fused-ring (bicyclic) bond motifs is 3. The smallest absolute Gasteiger partial charge is 0.349 e. The number of nitrogens with zero attached hydrogens (tertiary/aromatic N) is 4. The van der Waals surface area contributed by atoms with Crippen molar-refractivity contribution in [2.75, 3.05) is 0 Å². The van der Waals surface area contributed by atoms with Crippen LogP contribution in [0.15, 0.2) is 33.9 Å². The minimum Gasteiger partial charge on any atom is -0.455 e. The fourth-order valence-electron chi connectivity index (χ4n) is 4.25. The summed E-state index contributed by atoms with van der Waals surface area (Å²) in [5, 5.41) is 0.491. The van der Waals surface area contributed by atoms with E-state index in [-0.39, 0.29) is 17.7 Å². The summed E-state index contributed by atoms with van der Waals surface area (Å²) in [6, 6.07) is 6.76. The molecule has 4 aromatic heterocycles. The zero-order valence-electron chi connectivity index (χ0n) is 17.9. The summed E-state index contributed by atoms with van der Waals surface area (Å²) in [5.74, 6) is 0.244. The molecule has 0 bridgehead atoms. The summed E-state index contributed by atoms with van der Waals surface area (Å²) in [6.45, 7) is 4.12. The predicted octanol–water partition coefficient (Wildman–Crippen LogP) is 3.17. The lowest BCUT2D eigenvalue weighted by Crippen LogP contribution is -2.24. The van der Waals surface area contributed by atoms with Crippen LogP contribution in [-0.4, -0.2) is 24.9 Å². The van der Waals surface area contributed by atoms with Gasteiger partial charge in [0, 0.05) is 24.7 Å². The molecule has 5 heterocycles. The van der Waals surface area contributed by atoms with Crippen molar-refractivity contribution in [1.82, 2.24) is 18.9 Å². The third kappa shape index (κ3) is 3.42. The van der Waals surface area contributed by atoms with Crippen LogP contribution in [0.4, 0.5) is 0 Å². The van der Waals surface area contributed by atoms with E-state index in [1.165, 1.54) is 21.8 Å². The molecular weight excluding hydrogens is 428 g/mol. The number of hydrogen-bond donors (Lipinski definition) is 0. The van der Waals surface area contributed by atoms with Crippen molar-refractivity contribution in [3.63, 3.8) is 0 Å². The molecule has 1 aliphatic heterocycles. The first-order chi connectivity index (χ1) is 15.4. The number of ether oxygens (including phenoxy) is 1. The van der Waals surface area contributed by atoms with Crippen LogP contribution in [0.3, 0.4) is 0 Å². The van der Waals surface area contributed by atoms with Crippen LogP contribution in [0.5, 0.6) is 0 Å². The Morgan fingerprint density at radius 1 is 1.16 bits per heavy atom. The predicted molar refractivity (Wildman–Crippen MR) is 121 cm³/mol. The standard InChI is InChI=1S/C23H22N4O4S/c1-13-7-6-9-17-24-15(11-18(28)27(13)17)12-31-23(30)20-14(2)19-21(32-20)25-16-8-4-3-5-10-26(16)22(19)29/h6-7,9,11H,3-5,8,10,12H2,1-2H3. The average molecular weight is 451 g/mol. The molecule has 9 heteroatoms. The molecule has 4 aromatic rings. The van der Waals surface area contributed by atoms with Crippen LogP contribution < -0.4 is 11.1 Å². The Labute approximate surface area is 187 Å². The Balaban J connectivity index is 1.45. The number of aryl methyl sites for hydroxylation is 3. The summed E-state index contributed by atoms with van der Waals surface area (Å²) in [7, 11) is 0. The Morgan fingerprint density at radius 2 is 2.00 bits per heavy atom. The first kappa shape index (κ1) is 20.6. The van der Waals surface area contributed by atoms with Gasteiger partial charge < -0.3 is 4.74 Å². The largest absolute Gasteiger partial charge is 0.455 e. The highest BCUT2D eigenvalue weighted by Crippen LogP contribution is 2.29. The number of thiophene rings is 1. The van der Waals surface area contributed by atoms with Gasteiger partial charge >= 0.3 is 5.97 Å². The molecule has 8 nitrogen and oxygen atoms in total.